The Morgan fingerprint density at radius 2 is 1.53 bits per heavy atom. The minimum absolute atomic E-state index is 0.149. The van der Waals surface area contributed by atoms with Crippen molar-refractivity contribution in [1.29, 1.82) is 0 Å². The Labute approximate surface area is 139 Å². The molecular weight excluding hydrogens is 434 g/mol. The molecule has 2 aromatic carbocycles. The van der Waals surface area contributed by atoms with Gasteiger partial charge in [-0.15, -0.1) is 0 Å². The number of aryl methyl sites for hydroxylation is 2. The van der Waals surface area contributed by atoms with E-state index in [-0.39, 0.29) is 6.04 Å². The van der Waals surface area contributed by atoms with E-state index < -0.39 is 0 Å². The Morgan fingerprint density at radius 1 is 0.842 bits per heavy atom. The van der Waals surface area contributed by atoms with Gasteiger partial charge >= 0.3 is 0 Å². The summed E-state index contributed by atoms with van der Waals surface area (Å²) in [7, 11) is 0. The fourth-order valence-corrected chi connectivity index (χ4v) is 3.46. The molecule has 0 spiro atoms. The van der Waals surface area contributed by atoms with Gasteiger partial charge in [0.05, 0.1) is 6.04 Å². The highest BCUT2D eigenvalue weighted by atomic mass is 79.9. The van der Waals surface area contributed by atoms with E-state index in [0.717, 1.165) is 24.5 Å². The molecule has 0 aliphatic heterocycles. The van der Waals surface area contributed by atoms with Crippen LogP contribution in [0.15, 0.2) is 43.7 Å². The second-order valence-corrected chi connectivity index (χ2v) is 7.23. The fourth-order valence-electron chi connectivity index (χ4n) is 2.01. The second-order valence-electron chi connectivity index (χ2n) is 4.60. The summed E-state index contributed by atoms with van der Waals surface area (Å²) in [4.78, 5) is 0. The molecule has 0 aliphatic carbocycles. The smallest absolute Gasteiger partial charge is 0.0566 e. The van der Waals surface area contributed by atoms with E-state index in [1.165, 1.54) is 11.1 Å². The number of hydrogen-bond acceptors (Lipinski definition) is 1. The molecule has 0 fully saturated rings. The highest BCUT2D eigenvalue weighted by Crippen LogP contribution is 2.33. The van der Waals surface area contributed by atoms with Gasteiger partial charge in [-0.2, -0.15) is 0 Å². The van der Waals surface area contributed by atoms with Gasteiger partial charge in [-0.3, -0.25) is 0 Å². The minimum Gasteiger partial charge on any atom is -0.320 e. The maximum atomic E-state index is 6.43. The first-order valence-corrected chi connectivity index (χ1v) is 8.25. The van der Waals surface area contributed by atoms with E-state index in [1.807, 2.05) is 6.07 Å². The number of rotatable bonds is 2. The number of benzene rings is 2. The quantitative estimate of drug-likeness (QED) is 0.633. The van der Waals surface area contributed by atoms with Crippen LogP contribution in [-0.4, -0.2) is 0 Å². The van der Waals surface area contributed by atoms with Crippen LogP contribution >= 0.6 is 47.8 Å². The molecule has 0 bridgehead atoms. The first-order valence-electron chi connectivity index (χ1n) is 5.87. The third-order valence-corrected chi connectivity index (χ3v) is 5.22. The summed E-state index contributed by atoms with van der Waals surface area (Å²) in [6.45, 7) is 4.15. The van der Waals surface area contributed by atoms with Crippen molar-refractivity contribution in [3.63, 3.8) is 0 Å². The first-order chi connectivity index (χ1) is 8.90. The van der Waals surface area contributed by atoms with Crippen molar-refractivity contribution in [2.75, 3.05) is 0 Å². The largest absolute Gasteiger partial charge is 0.320 e. The molecular formula is C15H14Br3N. The van der Waals surface area contributed by atoms with Crippen LogP contribution in [0.1, 0.15) is 28.3 Å². The van der Waals surface area contributed by atoms with Gasteiger partial charge in [0.2, 0.25) is 0 Å². The molecule has 2 aromatic rings. The molecule has 2 rings (SSSR count). The molecule has 1 nitrogen and oxygen atoms in total. The molecule has 19 heavy (non-hydrogen) atoms. The van der Waals surface area contributed by atoms with Crippen molar-refractivity contribution in [2.24, 2.45) is 5.73 Å². The number of nitrogens with two attached hydrogens (primary N) is 1. The second kappa shape index (κ2) is 6.08. The van der Waals surface area contributed by atoms with Crippen molar-refractivity contribution >= 4 is 47.8 Å². The van der Waals surface area contributed by atoms with Gasteiger partial charge in [-0.05, 0) is 60.4 Å². The van der Waals surface area contributed by atoms with Crippen molar-refractivity contribution in [2.45, 2.75) is 19.9 Å². The predicted molar refractivity (Wildman–Crippen MR) is 91.5 cm³/mol. The zero-order chi connectivity index (χ0) is 14.2. The van der Waals surface area contributed by atoms with Gasteiger partial charge in [0.15, 0.2) is 0 Å². The van der Waals surface area contributed by atoms with Crippen molar-refractivity contribution in [1.82, 2.24) is 0 Å². The molecule has 0 aliphatic rings. The third-order valence-electron chi connectivity index (χ3n) is 3.19. The van der Waals surface area contributed by atoms with E-state index in [1.54, 1.807) is 0 Å². The van der Waals surface area contributed by atoms with Gasteiger partial charge in [-0.1, -0.05) is 53.9 Å². The van der Waals surface area contributed by atoms with Gasteiger partial charge in [0.25, 0.3) is 0 Å². The molecule has 100 valence electrons. The Kier molecular flexibility index (Phi) is 4.88. The van der Waals surface area contributed by atoms with Crippen LogP contribution in [0.2, 0.25) is 0 Å². The zero-order valence-corrected chi connectivity index (χ0v) is 15.4. The van der Waals surface area contributed by atoms with Crippen molar-refractivity contribution in [3.05, 3.63) is 66.0 Å². The molecule has 0 heterocycles. The Hall–Kier alpha value is -0.160. The number of hydrogen-bond donors (Lipinski definition) is 1. The lowest BCUT2D eigenvalue weighted by Gasteiger charge is -2.18. The van der Waals surface area contributed by atoms with E-state index in [0.29, 0.717) is 0 Å². The maximum Gasteiger partial charge on any atom is 0.0566 e. The summed E-state index contributed by atoms with van der Waals surface area (Å²) in [5.74, 6) is 0. The van der Waals surface area contributed by atoms with Crippen LogP contribution in [0.25, 0.3) is 0 Å². The third kappa shape index (κ3) is 3.30. The summed E-state index contributed by atoms with van der Waals surface area (Å²) < 4.78 is 3.17. The lowest BCUT2D eigenvalue weighted by Crippen LogP contribution is -2.14. The van der Waals surface area contributed by atoms with E-state index in [2.05, 4.69) is 85.9 Å². The molecule has 0 radical (unpaired) electrons. The van der Waals surface area contributed by atoms with Crippen LogP contribution in [0.5, 0.6) is 0 Å². The molecule has 0 amide bonds. The highest BCUT2D eigenvalue weighted by molar-refractivity contribution is 9.11. The summed E-state index contributed by atoms with van der Waals surface area (Å²) in [6, 6.07) is 10.2. The molecule has 1 atom stereocenters. The minimum atomic E-state index is -0.149. The molecule has 0 saturated carbocycles. The zero-order valence-electron chi connectivity index (χ0n) is 10.7. The summed E-state index contributed by atoms with van der Waals surface area (Å²) in [5.41, 5.74) is 11.0. The van der Waals surface area contributed by atoms with Gasteiger partial charge in [0, 0.05) is 13.4 Å². The normalized spacial score (nSPS) is 12.5. The summed E-state index contributed by atoms with van der Waals surface area (Å²) in [5, 5.41) is 0. The van der Waals surface area contributed by atoms with E-state index in [4.69, 9.17) is 5.73 Å². The van der Waals surface area contributed by atoms with Crippen molar-refractivity contribution in [3.8, 4) is 0 Å². The maximum absolute atomic E-state index is 6.43. The van der Waals surface area contributed by atoms with E-state index in [9.17, 15) is 0 Å². The standard InChI is InChI=1S/C15H14Br3N/c1-8-3-4-10(16)6-11(8)15(19)12-7-13(17)9(2)5-14(12)18/h3-7,15H,19H2,1-2H3. The van der Waals surface area contributed by atoms with Crippen LogP contribution in [0, 0.1) is 13.8 Å². The molecule has 2 N–H and O–H groups in total. The van der Waals surface area contributed by atoms with Crippen LogP contribution < -0.4 is 5.73 Å². The van der Waals surface area contributed by atoms with Crippen LogP contribution in [0.4, 0.5) is 0 Å². The Bertz CT molecular complexity index is 623. The van der Waals surface area contributed by atoms with Crippen LogP contribution in [0.3, 0.4) is 0 Å². The Morgan fingerprint density at radius 3 is 2.21 bits per heavy atom. The lowest BCUT2D eigenvalue weighted by atomic mass is 9.95. The molecule has 4 heteroatoms. The van der Waals surface area contributed by atoms with Gasteiger partial charge in [0.1, 0.15) is 0 Å². The first kappa shape index (κ1) is 15.2. The topological polar surface area (TPSA) is 26.0 Å². The van der Waals surface area contributed by atoms with E-state index >= 15 is 0 Å². The average molecular weight is 448 g/mol. The number of halogens is 3. The monoisotopic (exact) mass is 445 g/mol. The van der Waals surface area contributed by atoms with Gasteiger partial charge in [-0.25, -0.2) is 0 Å². The molecule has 1 unspecified atom stereocenters. The average Bonchev–Trinajstić information content (AvgIpc) is 2.36. The molecule has 0 aromatic heterocycles. The fraction of sp³-hybridized carbons (Fsp3) is 0.200. The Balaban J connectivity index is 2.52. The SMILES string of the molecule is Cc1cc(Br)c(C(N)c2cc(Br)ccc2C)cc1Br. The molecule has 0 saturated heterocycles. The summed E-state index contributed by atoms with van der Waals surface area (Å²) in [6.07, 6.45) is 0. The van der Waals surface area contributed by atoms with Gasteiger partial charge < -0.3 is 5.73 Å². The van der Waals surface area contributed by atoms with Crippen molar-refractivity contribution < 1.29 is 0 Å². The van der Waals surface area contributed by atoms with Crippen LogP contribution in [-0.2, 0) is 0 Å². The predicted octanol–water partition coefficient (Wildman–Crippen LogP) is 5.64. The summed E-state index contributed by atoms with van der Waals surface area (Å²) >= 11 is 10.7. The lowest BCUT2D eigenvalue weighted by molar-refractivity contribution is 0.853. The highest BCUT2D eigenvalue weighted by Gasteiger charge is 2.16.